The lowest BCUT2D eigenvalue weighted by Crippen LogP contribution is -2.43. The summed E-state index contributed by atoms with van der Waals surface area (Å²) in [6.07, 6.45) is -0.598. The Morgan fingerprint density at radius 3 is 2.56 bits per heavy atom. The lowest BCUT2D eigenvalue weighted by molar-refractivity contribution is -0.0921. The molecule has 5 nitrogen and oxygen atoms in total. The van der Waals surface area contributed by atoms with Gasteiger partial charge in [0.1, 0.15) is 6.23 Å². The highest BCUT2D eigenvalue weighted by molar-refractivity contribution is 7.89. The van der Waals surface area contributed by atoms with Crippen molar-refractivity contribution in [1.82, 2.24) is 4.72 Å². The molecule has 1 atom stereocenters. The molecule has 88 valence electrons. The number of hydrogen-bond donors (Lipinski definition) is 1. The fraction of sp³-hybridized carbons (Fsp3) is 0.400. The molecule has 1 fully saturated rings. The molecule has 1 aliphatic heterocycles. The second kappa shape index (κ2) is 4.92. The highest BCUT2D eigenvalue weighted by Crippen LogP contribution is 2.09. The van der Waals surface area contributed by atoms with E-state index in [1.54, 1.807) is 18.2 Å². The molecular weight excluding hydrogens is 230 g/mol. The van der Waals surface area contributed by atoms with Gasteiger partial charge in [-0.25, -0.2) is 8.42 Å². The molecule has 6 heteroatoms. The van der Waals surface area contributed by atoms with Crippen molar-refractivity contribution in [3.05, 3.63) is 30.3 Å². The standard InChI is InChI=1S/C10H13NO4S/c12-16(13,9-4-2-1-3-5-9)11-10-8-14-6-7-15-10/h1-5,10-11H,6-8H2. The fourth-order valence-electron chi connectivity index (χ4n) is 1.40. The summed E-state index contributed by atoms with van der Waals surface area (Å²) >= 11 is 0. The lowest BCUT2D eigenvalue weighted by atomic mass is 10.4. The summed E-state index contributed by atoms with van der Waals surface area (Å²) in [6, 6.07) is 8.18. The highest BCUT2D eigenvalue weighted by atomic mass is 32.2. The summed E-state index contributed by atoms with van der Waals surface area (Å²) in [6.45, 7) is 1.15. The summed E-state index contributed by atoms with van der Waals surface area (Å²) in [5.41, 5.74) is 0. The minimum Gasteiger partial charge on any atom is -0.375 e. The van der Waals surface area contributed by atoms with E-state index in [1.165, 1.54) is 12.1 Å². The van der Waals surface area contributed by atoms with Gasteiger partial charge < -0.3 is 9.47 Å². The SMILES string of the molecule is O=S(=O)(NC1COCCO1)c1ccccc1. The van der Waals surface area contributed by atoms with Crippen molar-refractivity contribution in [2.24, 2.45) is 0 Å². The predicted octanol–water partition coefficient (Wildman–Crippen LogP) is 0.338. The molecule has 16 heavy (non-hydrogen) atoms. The molecule has 1 heterocycles. The first-order valence-electron chi connectivity index (χ1n) is 4.95. The lowest BCUT2D eigenvalue weighted by Gasteiger charge is -2.23. The normalized spacial score (nSPS) is 21.9. The van der Waals surface area contributed by atoms with Gasteiger partial charge in [0.25, 0.3) is 0 Å². The summed E-state index contributed by atoms with van der Waals surface area (Å²) < 4.78 is 36.5. The molecule has 1 saturated heterocycles. The van der Waals surface area contributed by atoms with Crippen molar-refractivity contribution >= 4 is 10.0 Å². The molecule has 0 radical (unpaired) electrons. The summed E-state index contributed by atoms with van der Waals surface area (Å²) in [5.74, 6) is 0. The zero-order chi connectivity index (χ0) is 11.4. The molecular formula is C10H13NO4S. The Labute approximate surface area is 94.4 Å². The van der Waals surface area contributed by atoms with Crippen LogP contribution in [0.25, 0.3) is 0 Å². The van der Waals surface area contributed by atoms with E-state index in [2.05, 4.69) is 4.72 Å². The largest absolute Gasteiger partial charge is 0.375 e. The second-order valence-corrected chi connectivity index (χ2v) is 5.08. The van der Waals surface area contributed by atoms with E-state index in [9.17, 15) is 8.42 Å². The summed E-state index contributed by atoms with van der Waals surface area (Å²) in [7, 11) is -3.51. The van der Waals surface area contributed by atoms with E-state index < -0.39 is 16.3 Å². The van der Waals surface area contributed by atoms with Crippen LogP contribution in [0.1, 0.15) is 0 Å². The van der Waals surface area contributed by atoms with E-state index in [0.29, 0.717) is 13.2 Å². The van der Waals surface area contributed by atoms with Crippen molar-refractivity contribution < 1.29 is 17.9 Å². The monoisotopic (exact) mass is 243 g/mol. The number of sulfonamides is 1. The topological polar surface area (TPSA) is 64.6 Å². The number of nitrogens with one attached hydrogen (secondary N) is 1. The molecule has 0 amide bonds. The van der Waals surface area contributed by atoms with Crippen LogP contribution in [0.4, 0.5) is 0 Å². The maximum atomic E-state index is 11.9. The fourth-order valence-corrected chi connectivity index (χ4v) is 2.53. The minimum absolute atomic E-state index is 0.226. The Morgan fingerprint density at radius 2 is 1.94 bits per heavy atom. The van der Waals surface area contributed by atoms with Crippen LogP contribution >= 0.6 is 0 Å². The highest BCUT2D eigenvalue weighted by Gasteiger charge is 2.22. The average Bonchev–Trinajstić information content (AvgIpc) is 2.31. The molecule has 1 aromatic carbocycles. The third-order valence-corrected chi connectivity index (χ3v) is 3.62. The van der Waals surface area contributed by atoms with Crippen LogP contribution in [0.15, 0.2) is 35.2 Å². The molecule has 0 bridgehead atoms. The quantitative estimate of drug-likeness (QED) is 0.831. The summed E-state index contributed by atoms with van der Waals surface area (Å²) in [4.78, 5) is 0.226. The van der Waals surface area contributed by atoms with Gasteiger partial charge in [-0.05, 0) is 12.1 Å². The molecule has 1 aromatic rings. The molecule has 1 aliphatic rings. The molecule has 1 N–H and O–H groups in total. The van der Waals surface area contributed by atoms with Crippen molar-refractivity contribution in [2.75, 3.05) is 19.8 Å². The van der Waals surface area contributed by atoms with Crippen molar-refractivity contribution in [3.63, 3.8) is 0 Å². The Morgan fingerprint density at radius 1 is 1.19 bits per heavy atom. The van der Waals surface area contributed by atoms with Gasteiger partial charge in [-0.15, -0.1) is 0 Å². The predicted molar refractivity (Wildman–Crippen MR) is 57.3 cm³/mol. The maximum absolute atomic E-state index is 11.9. The zero-order valence-corrected chi connectivity index (χ0v) is 9.44. The molecule has 1 unspecified atom stereocenters. The number of hydrogen-bond acceptors (Lipinski definition) is 4. The summed E-state index contributed by atoms with van der Waals surface area (Å²) in [5, 5.41) is 0. The first-order valence-corrected chi connectivity index (χ1v) is 6.43. The Bertz CT molecular complexity index is 425. The molecule has 0 aromatic heterocycles. The van der Waals surface area contributed by atoms with E-state index in [4.69, 9.17) is 9.47 Å². The first-order chi connectivity index (χ1) is 7.68. The van der Waals surface area contributed by atoms with Crippen LogP contribution in [0.5, 0.6) is 0 Å². The van der Waals surface area contributed by atoms with Crippen LogP contribution < -0.4 is 4.72 Å². The van der Waals surface area contributed by atoms with Gasteiger partial charge in [-0.3, -0.25) is 0 Å². The number of rotatable bonds is 3. The van der Waals surface area contributed by atoms with Crippen LogP contribution in [0, 0.1) is 0 Å². The van der Waals surface area contributed by atoms with Crippen molar-refractivity contribution in [1.29, 1.82) is 0 Å². The van der Waals surface area contributed by atoms with E-state index in [-0.39, 0.29) is 11.5 Å². The molecule has 2 rings (SSSR count). The van der Waals surface area contributed by atoms with E-state index in [0.717, 1.165) is 0 Å². The van der Waals surface area contributed by atoms with Gasteiger partial charge in [0, 0.05) is 0 Å². The smallest absolute Gasteiger partial charge is 0.242 e. The first kappa shape index (κ1) is 11.5. The number of benzene rings is 1. The molecule has 0 spiro atoms. The van der Waals surface area contributed by atoms with Gasteiger partial charge in [-0.1, -0.05) is 18.2 Å². The third-order valence-electron chi connectivity index (χ3n) is 2.16. The number of ether oxygens (including phenoxy) is 2. The van der Waals surface area contributed by atoms with Crippen LogP contribution in [0.3, 0.4) is 0 Å². The Kier molecular flexibility index (Phi) is 3.55. The van der Waals surface area contributed by atoms with Crippen LogP contribution in [-0.4, -0.2) is 34.5 Å². The zero-order valence-electron chi connectivity index (χ0n) is 8.63. The van der Waals surface area contributed by atoms with E-state index >= 15 is 0 Å². The van der Waals surface area contributed by atoms with Gasteiger partial charge in [0.2, 0.25) is 10.0 Å². The third kappa shape index (κ3) is 2.79. The van der Waals surface area contributed by atoms with Gasteiger partial charge in [0.05, 0.1) is 24.7 Å². The average molecular weight is 243 g/mol. The van der Waals surface area contributed by atoms with Gasteiger partial charge in [0.15, 0.2) is 0 Å². The Hall–Kier alpha value is -0.950. The van der Waals surface area contributed by atoms with Gasteiger partial charge >= 0.3 is 0 Å². The van der Waals surface area contributed by atoms with Crippen molar-refractivity contribution in [2.45, 2.75) is 11.1 Å². The van der Waals surface area contributed by atoms with E-state index in [1.807, 2.05) is 0 Å². The molecule has 0 aliphatic carbocycles. The second-order valence-electron chi connectivity index (χ2n) is 3.37. The maximum Gasteiger partial charge on any atom is 0.242 e. The Balaban J connectivity index is 2.08. The minimum atomic E-state index is -3.51. The molecule has 0 saturated carbocycles. The van der Waals surface area contributed by atoms with Crippen LogP contribution in [0.2, 0.25) is 0 Å². The van der Waals surface area contributed by atoms with Gasteiger partial charge in [-0.2, -0.15) is 4.72 Å². The van der Waals surface area contributed by atoms with Crippen molar-refractivity contribution in [3.8, 4) is 0 Å². The van der Waals surface area contributed by atoms with Crippen LogP contribution in [-0.2, 0) is 19.5 Å².